The number of carbonyl (C=O) groups excluding carboxylic acids is 2. The number of hydrogen-bond acceptors (Lipinski definition) is 2. The molecule has 1 heterocycles. The summed E-state index contributed by atoms with van der Waals surface area (Å²) < 4.78 is 53.1. The Morgan fingerprint density at radius 2 is 1.89 bits per heavy atom. The van der Waals surface area contributed by atoms with Gasteiger partial charge in [0.05, 0.1) is 5.69 Å². The first-order valence-electron chi connectivity index (χ1n) is 8.17. The summed E-state index contributed by atoms with van der Waals surface area (Å²) in [7, 11) is 1.49. The van der Waals surface area contributed by atoms with Gasteiger partial charge < -0.3 is 10.2 Å². The Kier molecular flexibility index (Phi) is 5.16. The van der Waals surface area contributed by atoms with Crippen LogP contribution in [0, 0.1) is 17.6 Å². The molecule has 1 fully saturated rings. The van der Waals surface area contributed by atoms with Crippen molar-refractivity contribution in [1.29, 1.82) is 0 Å². The minimum absolute atomic E-state index is 0.148. The average Bonchev–Trinajstić information content (AvgIpc) is 2.94. The van der Waals surface area contributed by atoms with Gasteiger partial charge in [-0.2, -0.15) is 0 Å². The van der Waals surface area contributed by atoms with Gasteiger partial charge in [0.2, 0.25) is 11.8 Å². The Balaban J connectivity index is 1.91. The van der Waals surface area contributed by atoms with Gasteiger partial charge in [0.1, 0.15) is 5.92 Å². The van der Waals surface area contributed by atoms with E-state index in [1.54, 1.807) is 6.07 Å². The molecule has 142 valence electrons. The molecule has 0 spiro atoms. The number of nitrogens with zero attached hydrogens (tertiary/aromatic N) is 1. The summed E-state index contributed by atoms with van der Waals surface area (Å²) in [6, 6.07) is 8.80. The van der Waals surface area contributed by atoms with Gasteiger partial charge in [-0.05, 0) is 23.8 Å². The maximum Gasteiger partial charge on any atom is 0.263 e. The van der Waals surface area contributed by atoms with Crippen molar-refractivity contribution in [3.63, 3.8) is 0 Å². The van der Waals surface area contributed by atoms with Gasteiger partial charge in [-0.3, -0.25) is 9.59 Å². The van der Waals surface area contributed by atoms with Gasteiger partial charge in [0, 0.05) is 25.1 Å². The minimum Gasteiger partial charge on any atom is -0.344 e. The summed E-state index contributed by atoms with van der Waals surface area (Å²) >= 11 is 0. The van der Waals surface area contributed by atoms with Crippen molar-refractivity contribution < 1.29 is 27.2 Å². The Bertz CT molecular complexity index is 888. The van der Waals surface area contributed by atoms with Gasteiger partial charge in [-0.15, -0.1) is 0 Å². The fourth-order valence-electron chi connectivity index (χ4n) is 3.23. The van der Waals surface area contributed by atoms with Crippen LogP contribution in [0.25, 0.3) is 0 Å². The van der Waals surface area contributed by atoms with E-state index in [1.165, 1.54) is 42.3 Å². The molecule has 1 aliphatic heterocycles. The van der Waals surface area contributed by atoms with E-state index in [4.69, 9.17) is 0 Å². The van der Waals surface area contributed by atoms with Crippen molar-refractivity contribution in [3.05, 3.63) is 65.2 Å². The first-order valence-corrected chi connectivity index (χ1v) is 8.17. The lowest BCUT2D eigenvalue weighted by Gasteiger charge is -2.18. The number of likely N-dealkylation sites (N-methyl/N-ethyl adjacent to an activating group) is 1. The fraction of sp³-hybridized carbons (Fsp3) is 0.263. The highest BCUT2D eigenvalue weighted by Crippen LogP contribution is 2.35. The molecule has 2 aromatic carbocycles. The van der Waals surface area contributed by atoms with Gasteiger partial charge in [0.25, 0.3) is 6.43 Å². The molecule has 0 saturated carbocycles. The quantitative estimate of drug-likeness (QED) is 0.649. The second-order valence-corrected chi connectivity index (χ2v) is 6.36. The Morgan fingerprint density at radius 3 is 2.59 bits per heavy atom. The second kappa shape index (κ2) is 7.38. The normalized spacial score (nSPS) is 19.6. The van der Waals surface area contributed by atoms with Crippen LogP contribution >= 0.6 is 0 Å². The number of hydrogen-bond donors (Lipinski definition) is 1. The monoisotopic (exact) mass is 380 g/mol. The zero-order valence-electron chi connectivity index (χ0n) is 14.3. The van der Waals surface area contributed by atoms with Crippen molar-refractivity contribution in [2.75, 3.05) is 18.9 Å². The topological polar surface area (TPSA) is 49.4 Å². The zero-order chi connectivity index (χ0) is 19.7. The van der Waals surface area contributed by atoms with E-state index < -0.39 is 41.7 Å². The van der Waals surface area contributed by atoms with Crippen LogP contribution in [0.2, 0.25) is 0 Å². The number of likely N-dealkylation sites (tertiary alicyclic amines) is 1. The molecule has 4 nitrogen and oxygen atoms in total. The van der Waals surface area contributed by atoms with Gasteiger partial charge in [0.15, 0.2) is 11.6 Å². The molecule has 3 rings (SSSR count). The van der Waals surface area contributed by atoms with Crippen molar-refractivity contribution in [3.8, 4) is 0 Å². The third-order valence-corrected chi connectivity index (χ3v) is 4.60. The van der Waals surface area contributed by atoms with Crippen molar-refractivity contribution in [2.24, 2.45) is 5.92 Å². The maximum atomic E-state index is 13.8. The second-order valence-electron chi connectivity index (χ2n) is 6.36. The van der Waals surface area contributed by atoms with Crippen LogP contribution in [0.1, 0.15) is 23.5 Å². The number of nitrogens with one attached hydrogen (secondary N) is 1. The first kappa shape index (κ1) is 18.9. The molecule has 8 heteroatoms. The van der Waals surface area contributed by atoms with Crippen LogP contribution in [0.3, 0.4) is 0 Å². The largest absolute Gasteiger partial charge is 0.344 e. The average molecular weight is 380 g/mol. The first-order chi connectivity index (χ1) is 12.8. The summed E-state index contributed by atoms with van der Waals surface area (Å²) in [6.07, 6.45) is -2.69. The van der Waals surface area contributed by atoms with Gasteiger partial charge in [-0.25, -0.2) is 17.6 Å². The van der Waals surface area contributed by atoms with Crippen LogP contribution in [-0.4, -0.2) is 30.3 Å². The molecule has 1 N–H and O–H groups in total. The lowest BCUT2D eigenvalue weighted by atomic mass is 9.87. The third-order valence-electron chi connectivity index (χ3n) is 4.60. The van der Waals surface area contributed by atoms with Crippen LogP contribution in [0.5, 0.6) is 0 Å². The molecule has 27 heavy (non-hydrogen) atoms. The summed E-state index contributed by atoms with van der Waals surface area (Å²) in [5.41, 5.74) is -0.197. The standard InChI is InChI=1S/C19H16F4N2O2/c1-25-9-12(10-4-2-5-11(8-10)17(22)23)15(19(25)27)18(26)24-14-7-3-6-13(20)16(14)21/h2-8,12,15,17H,9H2,1H3,(H,24,26)/t12-,15+/m0/s1. The maximum absolute atomic E-state index is 13.8. The molecular formula is C19H16F4N2O2. The number of amides is 2. The van der Waals surface area contributed by atoms with E-state index in [2.05, 4.69) is 5.32 Å². The lowest BCUT2D eigenvalue weighted by molar-refractivity contribution is -0.135. The number of rotatable bonds is 4. The van der Waals surface area contributed by atoms with E-state index in [0.29, 0.717) is 5.56 Å². The van der Waals surface area contributed by atoms with E-state index in [0.717, 1.165) is 6.07 Å². The predicted molar refractivity (Wildman–Crippen MR) is 90.3 cm³/mol. The molecule has 1 saturated heterocycles. The Hall–Kier alpha value is -2.90. The molecule has 0 bridgehead atoms. The van der Waals surface area contributed by atoms with E-state index in [1.807, 2.05) is 0 Å². The Morgan fingerprint density at radius 1 is 1.19 bits per heavy atom. The fourth-order valence-corrected chi connectivity index (χ4v) is 3.23. The number of anilines is 1. The van der Waals surface area contributed by atoms with Crippen LogP contribution in [0.4, 0.5) is 23.2 Å². The highest BCUT2D eigenvalue weighted by atomic mass is 19.3. The van der Waals surface area contributed by atoms with E-state index in [9.17, 15) is 27.2 Å². The number of carbonyl (C=O) groups is 2. The molecule has 0 aliphatic carbocycles. The summed E-state index contributed by atoms with van der Waals surface area (Å²) in [6.45, 7) is 0.148. The number of benzene rings is 2. The number of alkyl halides is 2. The summed E-state index contributed by atoms with van der Waals surface area (Å²) in [5, 5.41) is 2.23. The molecule has 2 amide bonds. The van der Waals surface area contributed by atoms with Crippen LogP contribution < -0.4 is 5.32 Å². The van der Waals surface area contributed by atoms with Crippen molar-refractivity contribution >= 4 is 17.5 Å². The molecule has 1 aliphatic rings. The molecule has 0 aromatic heterocycles. The SMILES string of the molecule is CN1C[C@@H](c2cccc(C(F)F)c2)[C@H](C(=O)Nc2cccc(F)c2F)C1=O. The smallest absolute Gasteiger partial charge is 0.263 e. The summed E-state index contributed by atoms with van der Waals surface area (Å²) in [4.78, 5) is 26.4. The molecule has 0 unspecified atom stereocenters. The van der Waals surface area contributed by atoms with Gasteiger partial charge >= 0.3 is 0 Å². The highest BCUT2D eigenvalue weighted by molar-refractivity contribution is 6.08. The van der Waals surface area contributed by atoms with E-state index >= 15 is 0 Å². The highest BCUT2D eigenvalue weighted by Gasteiger charge is 2.44. The van der Waals surface area contributed by atoms with Crippen LogP contribution in [0.15, 0.2) is 42.5 Å². The summed E-state index contributed by atoms with van der Waals surface area (Å²) in [5.74, 6) is -5.62. The predicted octanol–water partition coefficient (Wildman–Crippen LogP) is 3.71. The molecule has 0 radical (unpaired) electrons. The zero-order valence-corrected chi connectivity index (χ0v) is 14.3. The number of halogens is 4. The minimum atomic E-state index is -2.69. The van der Waals surface area contributed by atoms with Crippen molar-refractivity contribution in [1.82, 2.24) is 4.90 Å². The molecule has 2 aromatic rings. The van der Waals surface area contributed by atoms with Crippen molar-refractivity contribution in [2.45, 2.75) is 12.3 Å². The molecule has 2 atom stereocenters. The van der Waals surface area contributed by atoms with Crippen LogP contribution in [-0.2, 0) is 9.59 Å². The van der Waals surface area contributed by atoms with Gasteiger partial charge in [-0.1, -0.05) is 24.3 Å². The van der Waals surface area contributed by atoms with E-state index in [-0.39, 0.29) is 17.8 Å². The lowest BCUT2D eigenvalue weighted by Crippen LogP contribution is -2.33. The third kappa shape index (κ3) is 3.65. The molecular weight excluding hydrogens is 364 g/mol. The Labute approximate surface area is 152 Å².